The normalized spacial score (nSPS) is 10.9. The number of hydrogen-bond acceptors (Lipinski definition) is 3. The summed E-state index contributed by atoms with van der Waals surface area (Å²) in [7, 11) is 0. The van der Waals surface area contributed by atoms with Crippen LogP contribution in [0.1, 0.15) is 0 Å². The smallest absolute Gasteiger partial charge is 0.181 e. The maximum absolute atomic E-state index is 5.96. The van der Waals surface area contributed by atoms with Crippen molar-refractivity contribution in [1.29, 1.82) is 0 Å². The van der Waals surface area contributed by atoms with Crippen LogP contribution in [0.2, 0.25) is 10.0 Å². The van der Waals surface area contributed by atoms with Crippen molar-refractivity contribution in [3.05, 3.63) is 40.8 Å². The summed E-state index contributed by atoms with van der Waals surface area (Å²) in [6.45, 7) is 0. The lowest BCUT2D eigenvalue weighted by atomic mass is 10.2. The van der Waals surface area contributed by atoms with E-state index in [-0.39, 0.29) is 0 Å². The van der Waals surface area contributed by atoms with Crippen LogP contribution in [-0.2, 0) is 0 Å². The van der Waals surface area contributed by atoms with E-state index in [1.165, 1.54) is 6.33 Å². The second-order valence-corrected chi connectivity index (χ2v) is 4.29. The number of aromatic amines is 1. The van der Waals surface area contributed by atoms with Gasteiger partial charge in [0, 0.05) is 5.56 Å². The monoisotopic (exact) mass is 264 g/mol. The van der Waals surface area contributed by atoms with E-state index in [0.717, 1.165) is 11.1 Å². The molecule has 0 saturated heterocycles. The van der Waals surface area contributed by atoms with Crippen LogP contribution in [0.25, 0.3) is 22.6 Å². The fourth-order valence-electron chi connectivity index (χ4n) is 1.54. The number of H-pyrrole nitrogens is 1. The van der Waals surface area contributed by atoms with E-state index in [0.29, 0.717) is 21.5 Å². The molecule has 2 heterocycles. The summed E-state index contributed by atoms with van der Waals surface area (Å²) in [6.07, 6.45) is 3.14. The Labute approximate surface area is 107 Å². The number of imidazole rings is 1. The molecule has 0 aliphatic rings. The largest absolute Gasteiger partial charge is 0.335 e. The summed E-state index contributed by atoms with van der Waals surface area (Å²) in [6, 6.07) is 5.34. The third kappa shape index (κ3) is 1.85. The molecule has 17 heavy (non-hydrogen) atoms. The van der Waals surface area contributed by atoms with Gasteiger partial charge < -0.3 is 4.98 Å². The van der Waals surface area contributed by atoms with Crippen molar-refractivity contribution in [2.75, 3.05) is 0 Å². The summed E-state index contributed by atoms with van der Waals surface area (Å²) in [4.78, 5) is 15.4. The summed E-state index contributed by atoms with van der Waals surface area (Å²) in [5.74, 6) is 0.694. The average molecular weight is 265 g/mol. The topological polar surface area (TPSA) is 54.5 Å². The highest BCUT2D eigenvalue weighted by molar-refractivity contribution is 6.42. The van der Waals surface area contributed by atoms with E-state index in [2.05, 4.69) is 19.9 Å². The van der Waals surface area contributed by atoms with Crippen LogP contribution >= 0.6 is 23.2 Å². The van der Waals surface area contributed by atoms with E-state index in [4.69, 9.17) is 23.2 Å². The van der Waals surface area contributed by atoms with Gasteiger partial charge in [-0.3, -0.25) is 0 Å². The van der Waals surface area contributed by atoms with Gasteiger partial charge in [-0.15, -0.1) is 0 Å². The second-order valence-electron chi connectivity index (χ2n) is 3.47. The first-order valence-corrected chi connectivity index (χ1v) is 5.61. The van der Waals surface area contributed by atoms with E-state index < -0.39 is 0 Å². The number of nitrogens with zero attached hydrogens (tertiary/aromatic N) is 3. The van der Waals surface area contributed by atoms with Crippen LogP contribution in [0, 0.1) is 0 Å². The Kier molecular flexibility index (Phi) is 2.46. The Hall–Kier alpha value is -1.65. The first kappa shape index (κ1) is 10.5. The Morgan fingerprint density at radius 2 is 2.00 bits per heavy atom. The van der Waals surface area contributed by atoms with E-state index >= 15 is 0 Å². The van der Waals surface area contributed by atoms with Crippen molar-refractivity contribution in [1.82, 2.24) is 19.9 Å². The molecule has 3 rings (SSSR count). The van der Waals surface area contributed by atoms with Crippen molar-refractivity contribution in [3.8, 4) is 11.4 Å². The van der Waals surface area contributed by atoms with Crippen LogP contribution in [0.15, 0.2) is 30.7 Å². The molecule has 0 aliphatic heterocycles. The fourth-order valence-corrected chi connectivity index (χ4v) is 1.84. The number of aromatic nitrogens is 4. The van der Waals surface area contributed by atoms with Crippen molar-refractivity contribution in [2.45, 2.75) is 0 Å². The Morgan fingerprint density at radius 1 is 1.12 bits per heavy atom. The van der Waals surface area contributed by atoms with Gasteiger partial charge in [0.2, 0.25) is 0 Å². The average Bonchev–Trinajstić information content (AvgIpc) is 2.76. The molecule has 0 unspecified atom stereocenters. The maximum Gasteiger partial charge on any atom is 0.181 e. The minimum Gasteiger partial charge on any atom is -0.335 e. The number of rotatable bonds is 1. The highest BCUT2D eigenvalue weighted by Crippen LogP contribution is 2.27. The molecular formula is C11H6Cl2N4. The number of benzene rings is 1. The molecule has 0 amide bonds. The molecule has 0 aliphatic carbocycles. The van der Waals surface area contributed by atoms with Gasteiger partial charge in [0.1, 0.15) is 17.7 Å². The summed E-state index contributed by atoms with van der Waals surface area (Å²) in [5.41, 5.74) is 2.27. The predicted octanol–water partition coefficient (Wildman–Crippen LogP) is 3.33. The first-order valence-electron chi connectivity index (χ1n) is 4.85. The molecule has 84 valence electrons. The Morgan fingerprint density at radius 3 is 2.76 bits per heavy atom. The quantitative estimate of drug-likeness (QED) is 0.734. The lowest BCUT2D eigenvalue weighted by molar-refractivity contribution is 1.20. The van der Waals surface area contributed by atoms with E-state index in [1.807, 2.05) is 6.07 Å². The van der Waals surface area contributed by atoms with Gasteiger partial charge in [0.25, 0.3) is 0 Å². The van der Waals surface area contributed by atoms with Crippen LogP contribution in [-0.4, -0.2) is 19.9 Å². The molecule has 3 aromatic rings. The standard InChI is InChI=1S/C11H6Cl2N4/c12-7-2-1-6(3-8(7)13)10-16-9-4-14-5-15-11(9)17-10/h1-5H,(H,14,15,16,17). The lowest BCUT2D eigenvalue weighted by Gasteiger charge is -1.98. The van der Waals surface area contributed by atoms with Gasteiger partial charge in [-0.2, -0.15) is 0 Å². The third-order valence-corrected chi connectivity index (χ3v) is 3.09. The molecule has 0 atom stereocenters. The number of hydrogen-bond donors (Lipinski definition) is 1. The first-order chi connectivity index (χ1) is 8.24. The highest BCUT2D eigenvalue weighted by atomic mass is 35.5. The predicted molar refractivity (Wildman–Crippen MR) is 67.1 cm³/mol. The van der Waals surface area contributed by atoms with Crippen LogP contribution in [0.3, 0.4) is 0 Å². The van der Waals surface area contributed by atoms with Gasteiger partial charge in [0.15, 0.2) is 5.65 Å². The van der Waals surface area contributed by atoms with Crippen molar-refractivity contribution < 1.29 is 0 Å². The zero-order valence-corrected chi connectivity index (χ0v) is 10.00. The highest BCUT2D eigenvalue weighted by Gasteiger charge is 2.07. The molecule has 0 saturated carbocycles. The Bertz CT molecular complexity index is 660. The SMILES string of the molecule is Clc1ccc(-c2nc3ncncc3[nH]2)cc1Cl. The molecule has 0 fully saturated rings. The molecule has 4 nitrogen and oxygen atoms in total. The molecule has 0 radical (unpaired) electrons. The molecule has 1 N–H and O–H groups in total. The van der Waals surface area contributed by atoms with E-state index in [1.54, 1.807) is 18.3 Å². The maximum atomic E-state index is 5.96. The molecule has 2 aromatic heterocycles. The molecule has 1 aromatic carbocycles. The number of halogens is 2. The zero-order valence-electron chi connectivity index (χ0n) is 8.48. The van der Waals surface area contributed by atoms with Crippen LogP contribution in [0.5, 0.6) is 0 Å². The van der Waals surface area contributed by atoms with E-state index in [9.17, 15) is 0 Å². The van der Waals surface area contributed by atoms with Crippen molar-refractivity contribution in [3.63, 3.8) is 0 Å². The summed E-state index contributed by atoms with van der Waals surface area (Å²) >= 11 is 11.8. The summed E-state index contributed by atoms with van der Waals surface area (Å²) < 4.78 is 0. The van der Waals surface area contributed by atoms with Crippen molar-refractivity contribution >= 4 is 34.4 Å². The van der Waals surface area contributed by atoms with Gasteiger partial charge in [-0.05, 0) is 18.2 Å². The Balaban J connectivity index is 2.17. The number of fused-ring (bicyclic) bond motifs is 1. The third-order valence-electron chi connectivity index (χ3n) is 2.36. The van der Waals surface area contributed by atoms with Gasteiger partial charge in [-0.1, -0.05) is 23.2 Å². The molecule has 0 bridgehead atoms. The second kappa shape index (κ2) is 3.98. The minimum atomic E-state index is 0.496. The van der Waals surface area contributed by atoms with Crippen molar-refractivity contribution in [2.24, 2.45) is 0 Å². The van der Waals surface area contributed by atoms with Gasteiger partial charge >= 0.3 is 0 Å². The van der Waals surface area contributed by atoms with Crippen LogP contribution in [0.4, 0.5) is 0 Å². The molecule has 0 spiro atoms. The molecule has 6 heteroatoms. The number of nitrogens with one attached hydrogen (secondary N) is 1. The minimum absolute atomic E-state index is 0.496. The fraction of sp³-hybridized carbons (Fsp3) is 0. The molecular weight excluding hydrogens is 259 g/mol. The van der Waals surface area contributed by atoms with Gasteiger partial charge in [0.05, 0.1) is 16.2 Å². The zero-order chi connectivity index (χ0) is 11.8. The summed E-state index contributed by atoms with van der Waals surface area (Å²) in [5, 5.41) is 1.02. The lowest BCUT2D eigenvalue weighted by Crippen LogP contribution is -1.80. The van der Waals surface area contributed by atoms with Gasteiger partial charge in [-0.25, -0.2) is 15.0 Å². The van der Waals surface area contributed by atoms with Crippen LogP contribution < -0.4 is 0 Å².